The summed E-state index contributed by atoms with van der Waals surface area (Å²) >= 11 is 0. The number of amides is 3. The number of urea groups is 1. The van der Waals surface area contributed by atoms with Crippen LogP contribution in [0.2, 0.25) is 0 Å². The molecule has 3 N–H and O–H groups in total. The van der Waals surface area contributed by atoms with Crippen molar-refractivity contribution >= 4 is 11.9 Å². The van der Waals surface area contributed by atoms with Gasteiger partial charge in [-0.15, -0.1) is 0 Å². The summed E-state index contributed by atoms with van der Waals surface area (Å²) in [7, 11) is 0. The van der Waals surface area contributed by atoms with Gasteiger partial charge in [-0.3, -0.25) is 15.0 Å². The number of rotatable bonds is 4. The Balaban J connectivity index is 1.57. The first-order chi connectivity index (χ1) is 13.9. The molecule has 2 heterocycles. The second-order valence-electron chi connectivity index (χ2n) is 9.77. The summed E-state index contributed by atoms with van der Waals surface area (Å²) in [6, 6.07) is 5.82. The molecule has 4 aliphatic rings. The summed E-state index contributed by atoms with van der Waals surface area (Å²) in [6.45, 7) is 6.61. The summed E-state index contributed by atoms with van der Waals surface area (Å²) in [6.07, 6.45) is 5.69. The molecule has 0 radical (unpaired) electrons. The van der Waals surface area contributed by atoms with Crippen molar-refractivity contribution in [3.63, 3.8) is 0 Å². The van der Waals surface area contributed by atoms with E-state index in [0.29, 0.717) is 30.7 Å². The van der Waals surface area contributed by atoms with Crippen LogP contribution in [0.1, 0.15) is 56.6 Å². The van der Waals surface area contributed by atoms with E-state index in [1.807, 2.05) is 12.1 Å². The number of unbranched alkanes of at least 4 members (excludes halogenated alkanes) is 1. The van der Waals surface area contributed by atoms with E-state index < -0.39 is 5.54 Å². The van der Waals surface area contributed by atoms with Crippen molar-refractivity contribution in [3.8, 4) is 5.75 Å². The average molecular weight is 398 g/mol. The number of imide groups is 1. The molecule has 29 heavy (non-hydrogen) atoms. The van der Waals surface area contributed by atoms with E-state index in [1.54, 1.807) is 6.07 Å². The Morgan fingerprint density at radius 1 is 1.31 bits per heavy atom. The molecule has 5 unspecified atom stereocenters. The van der Waals surface area contributed by atoms with Crippen molar-refractivity contribution in [1.82, 2.24) is 15.5 Å². The normalized spacial score (nSPS) is 38.3. The first-order valence-electron chi connectivity index (χ1n) is 11.1. The molecule has 6 nitrogen and oxygen atoms in total. The van der Waals surface area contributed by atoms with Crippen LogP contribution in [-0.2, 0) is 10.2 Å². The minimum Gasteiger partial charge on any atom is -0.508 e. The van der Waals surface area contributed by atoms with E-state index >= 15 is 0 Å². The Bertz CT molecular complexity index is 871. The van der Waals surface area contributed by atoms with Crippen LogP contribution < -0.4 is 10.6 Å². The van der Waals surface area contributed by atoms with Crippen molar-refractivity contribution in [1.29, 1.82) is 0 Å². The fourth-order valence-electron chi connectivity index (χ4n) is 7.07. The number of phenols is 1. The molecule has 2 saturated carbocycles. The number of nitrogens with one attached hydrogen (secondary N) is 2. The van der Waals surface area contributed by atoms with Crippen molar-refractivity contribution in [2.45, 2.75) is 69.4 Å². The van der Waals surface area contributed by atoms with Crippen LogP contribution in [0.4, 0.5) is 4.79 Å². The monoisotopic (exact) mass is 397 g/mol. The summed E-state index contributed by atoms with van der Waals surface area (Å²) in [5, 5.41) is 15.7. The molecular formula is C23H31N3O3. The van der Waals surface area contributed by atoms with Gasteiger partial charge in [0.1, 0.15) is 11.3 Å². The maximum Gasteiger partial charge on any atom is 0.322 e. The molecule has 0 bridgehead atoms. The molecule has 1 spiro atoms. The third-order valence-electron chi connectivity index (χ3n) is 8.19. The van der Waals surface area contributed by atoms with Gasteiger partial charge in [0.25, 0.3) is 5.91 Å². The van der Waals surface area contributed by atoms with E-state index in [-0.39, 0.29) is 23.1 Å². The van der Waals surface area contributed by atoms with E-state index in [4.69, 9.17) is 0 Å². The van der Waals surface area contributed by atoms with Gasteiger partial charge in [0, 0.05) is 18.0 Å². The molecule has 5 rings (SSSR count). The van der Waals surface area contributed by atoms with Crippen LogP contribution in [0.5, 0.6) is 5.75 Å². The second kappa shape index (κ2) is 6.46. The molecule has 1 aromatic rings. The predicted molar refractivity (Wildman–Crippen MR) is 110 cm³/mol. The maximum atomic E-state index is 12.8. The van der Waals surface area contributed by atoms with Crippen LogP contribution in [-0.4, -0.2) is 46.6 Å². The molecular weight excluding hydrogens is 366 g/mol. The lowest BCUT2D eigenvalue weighted by molar-refractivity contribution is -0.126. The smallest absolute Gasteiger partial charge is 0.322 e. The van der Waals surface area contributed by atoms with Crippen molar-refractivity contribution in [2.24, 2.45) is 11.8 Å². The zero-order valence-corrected chi connectivity index (χ0v) is 17.3. The fraction of sp³-hybridized carbons (Fsp3) is 0.652. The number of hydrogen-bond donors (Lipinski definition) is 3. The van der Waals surface area contributed by atoms with Gasteiger partial charge in [-0.05, 0) is 80.7 Å². The highest BCUT2D eigenvalue weighted by Crippen LogP contribution is 2.63. The molecule has 2 aliphatic heterocycles. The van der Waals surface area contributed by atoms with Crippen LogP contribution in [0.3, 0.4) is 0 Å². The van der Waals surface area contributed by atoms with Gasteiger partial charge in [0.15, 0.2) is 0 Å². The fourth-order valence-corrected chi connectivity index (χ4v) is 7.07. The van der Waals surface area contributed by atoms with Gasteiger partial charge in [-0.25, -0.2) is 4.79 Å². The largest absolute Gasteiger partial charge is 0.508 e. The summed E-state index contributed by atoms with van der Waals surface area (Å²) in [4.78, 5) is 27.4. The summed E-state index contributed by atoms with van der Waals surface area (Å²) < 4.78 is 0. The molecule has 2 aliphatic carbocycles. The minimum atomic E-state index is -0.816. The lowest BCUT2D eigenvalue weighted by Crippen LogP contribution is -2.60. The van der Waals surface area contributed by atoms with Crippen molar-refractivity contribution in [2.75, 3.05) is 13.1 Å². The molecule has 1 aromatic carbocycles. The number of aromatic hydroxyl groups is 1. The zero-order valence-electron chi connectivity index (χ0n) is 17.3. The van der Waals surface area contributed by atoms with Gasteiger partial charge in [-0.1, -0.05) is 19.4 Å². The zero-order chi connectivity index (χ0) is 20.4. The van der Waals surface area contributed by atoms with Crippen molar-refractivity contribution < 1.29 is 14.7 Å². The Labute approximate surface area is 172 Å². The Morgan fingerprint density at radius 3 is 2.86 bits per heavy atom. The molecule has 4 fully saturated rings. The molecule has 5 atom stereocenters. The lowest BCUT2D eigenvalue weighted by Gasteiger charge is -2.52. The number of nitrogens with zero attached hydrogens (tertiary/aromatic N) is 1. The highest BCUT2D eigenvalue weighted by atomic mass is 16.3. The summed E-state index contributed by atoms with van der Waals surface area (Å²) in [5.74, 6) is 1.18. The number of carbonyl (C=O) groups is 2. The van der Waals surface area contributed by atoms with E-state index in [1.165, 1.54) is 18.4 Å². The number of hydrogen-bond acceptors (Lipinski definition) is 4. The number of aryl methyl sites for hydroxylation is 1. The van der Waals surface area contributed by atoms with E-state index in [0.717, 1.165) is 31.5 Å². The van der Waals surface area contributed by atoms with Gasteiger partial charge < -0.3 is 10.4 Å². The predicted octanol–water partition coefficient (Wildman–Crippen LogP) is 2.82. The highest BCUT2D eigenvalue weighted by Gasteiger charge is 2.66. The van der Waals surface area contributed by atoms with Crippen LogP contribution in [0.15, 0.2) is 18.2 Å². The van der Waals surface area contributed by atoms with E-state index in [9.17, 15) is 14.7 Å². The third kappa shape index (κ3) is 2.64. The van der Waals surface area contributed by atoms with Gasteiger partial charge >= 0.3 is 6.03 Å². The Morgan fingerprint density at radius 2 is 2.14 bits per heavy atom. The highest BCUT2D eigenvalue weighted by molar-refractivity contribution is 6.07. The van der Waals surface area contributed by atoms with Crippen LogP contribution in [0, 0.1) is 18.8 Å². The standard InChI is InChI=1S/C23H31N3O3/c1-3-4-9-26-12-15-11-22(18-10-16(27)6-5-14(18)2)13-23(8-7-17(22)19(15)26)20(28)24-21(29)25-23/h5-6,10,15,17,19,27H,3-4,7-9,11-13H2,1-2H3,(H2,24,25,28,29). The van der Waals surface area contributed by atoms with Crippen LogP contribution >= 0.6 is 0 Å². The molecule has 2 saturated heterocycles. The molecule has 156 valence electrons. The Hall–Kier alpha value is -2.08. The van der Waals surface area contributed by atoms with Gasteiger partial charge in [0.2, 0.25) is 0 Å². The van der Waals surface area contributed by atoms with Gasteiger partial charge in [-0.2, -0.15) is 0 Å². The molecule has 3 amide bonds. The topological polar surface area (TPSA) is 81.7 Å². The average Bonchev–Trinajstić information content (AvgIpc) is 3.08. The minimum absolute atomic E-state index is 0.180. The first kappa shape index (κ1) is 18.9. The number of fused-ring (bicyclic) bond motifs is 3. The number of benzene rings is 1. The maximum absolute atomic E-state index is 12.8. The number of likely N-dealkylation sites (tertiary alicyclic amines) is 1. The Kier molecular flexibility index (Phi) is 4.21. The first-order valence-corrected chi connectivity index (χ1v) is 11.1. The van der Waals surface area contributed by atoms with Crippen molar-refractivity contribution in [3.05, 3.63) is 29.3 Å². The van der Waals surface area contributed by atoms with E-state index in [2.05, 4.69) is 29.4 Å². The lowest BCUT2D eigenvalue weighted by atomic mass is 9.57. The number of carbonyl (C=O) groups excluding carboxylic acids is 2. The SMILES string of the molecule is CCCCN1CC2CC3(c4cc(O)ccc4C)CC4(CCC3C21)NC(=O)NC4=O. The molecule has 0 aromatic heterocycles. The van der Waals surface area contributed by atoms with Crippen LogP contribution in [0.25, 0.3) is 0 Å². The van der Waals surface area contributed by atoms with Gasteiger partial charge in [0.05, 0.1) is 0 Å². The number of phenolic OH excluding ortho intramolecular Hbond substituents is 1. The molecule has 6 heteroatoms. The summed E-state index contributed by atoms with van der Waals surface area (Å²) in [5.41, 5.74) is 1.33. The third-order valence-corrected chi connectivity index (χ3v) is 8.19. The quantitative estimate of drug-likeness (QED) is 0.683. The second-order valence-corrected chi connectivity index (χ2v) is 9.77.